The van der Waals surface area contributed by atoms with Gasteiger partial charge < -0.3 is 4.74 Å². The first kappa shape index (κ1) is 17.7. The van der Waals surface area contributed by atoms with Gasteiger partial charge >= 0.3 is 6.09 Å². The van der Waals surface area contributed by atoms with E-state index in [2.05, 4.69) is 22.2 Å². The molecule has 6 heteroatoms. The van der Waals surface area contributed by atoms with Crippen LogP contribution in [0.4, 0.5) is 4.79 Å². The van der Waals surface area contributed by atoms with Crippen LogP contribution in [0.2, 0.25) is 0 Å². The van der Waals surface area contributed by atoms with E-state index in [0.717, 1.165) is 25.0 Å². The molecule has 2 unspecified atom stereocenters. The number of piperidine rings is 1. The number of amides is 1. The quantitative estimate of drug-likeness (QED) is 0.927. The molecule has 0 bridgehead atoms. The zero-order chi connectivity index (χ0) is 17.1. The fraction of sp³-hybridized carbons (Fsp3) is 0.706. The molecule has 23 heavy (non-hydrogen) atoms. The number of carbonyl (C=O) groups excluding carboxylic acids is 1. The molecule has 2 rings (SSSR count). The summed E-state index contributed by atoms with van der Waals surface area (Å²) < 4.78 is 5.65. The van der Waals surface area contributed by atoms with Crippen LogP contribution in [0.1, 0.15) is 52.7 Å². The Hall–Kier alpha value is -1.69. The van der Waals surface area contributed by atoms with Crippen molar-refractivity contribution < 1.29 is 9.53 Å². The summed E-state index contributed by atoms with van der Waals surface area (Å²) >= 11 is 0. The largest absolute Gasteiger partial charge is 0.444 e. The number of nitrogens with zero attached hydrogens (tertiary/aromatic N) is 3. The van der Waals surface area contributed by atoms with E-state index in [4.69, 9.17) is 4.74 Å². The van der Waals surface area contributed by atoms with Crippen molar-refractivity contribution in [2.45, 2.75) is 58.2 Å². The second kappa shape index (κ2) is 6.83. The summed E-state index contributed by atoms with van der Waals surface area (Å²) in [5.41, 5.74) is -0.368. The van der Waals surface area contributed by atoms with Gasteiger partial charge in [-0.25, -0.2) is 14.8 Å². The molecular weight excluding hydrogens is 292 g/mol. The van der Waals surface area contributed by atoms with Crippen molar-refractivity contribution >= 4 is 6.09 Å². The molecule has 0 spiro atoms. The van der Waals surface area contributed by atoms with Crippen LogP contribution in [0.15, 0.2) is 18.6 Å². The maximum atomic E-state index is 12.8. The highest BCUT2D eigenvalue weighted by Crippen LogP contribution is 2.41. The molecule has 1 saturated heterocycles. The van der Waals surface area contributed by atoms with Gasteiger partial charge in [0.1, 0.15) is 17.6 Å². The summed E-state index contributed by atoms with van der Waals surface area (Å²) in [6, 6.07) is 1.88. The van der Waals surface area contributed by atoms with Crippen LogP contribution < -0.4 is 5.32 Å². The lowest BCUT2D eigenvalue weighted by atomic mass is 9.79. The van der Waals surface area contributed by atoms with Crippen molar-refractivity contribution in [3.63, 3.8) is 0 Å². The smallest absolute Gasteiger partial charge is 0.412 e. The first-order valence-electron chi connectivity index (χ1n) is 8.31. The lowest BCUT2D eigenvalue weighted by molar-refractivity contribution is -0.0559. The Morgan fingerprint density at radius 3 is 2.78 bits per heavy atom. The van der Waals surface area contributed by atoms with Crippen LogP contribution in [0, 0.1) is 5.92 Å². The number of hydrogen-bond donors (Lipinski definition) is 1. The molecule has 128 valence electrons. The Labute approximate surface area is 138 Å². The van der Waals surface area contributed by atoms with E-state index in [9.17, 15) is 4.79 Å². The monoisotopic (exact) mass is 320 g/mol. The molecule has 6 nitrogen and oxygen atoms in total. The molecule has 0 saturated carbocycles. The van der Waals surface area contributed by atoms with Crippen molar-refractivity contribution in [3.8, 4) is 0 Å². The van der Waals surface area contributed by atoms with E-state index in [1.165, 1.54) is 6.33 Å². The molecule has 0 aromatic carbocycles. The van der Waals surface area contributed by atoms with E-state index in [-0.39, 0.29) is 12.0 Å². The number of ether oxygens (including phenoxy) is 1. The molecule has 1 aromatic rings. The topological polar surface area (TPSA) is 67.3 Å². The third-order valence-corrected chi connectivity index (χ3v) is 4.41. The van der Waals surface area contributed by atoms with E-state index in [1.807, 2.05) is 33.9 Å². The van der Waals surface area contributed by atoms with Gasteiger partial charge in [-0.3, -0.25) is 10.2 Å². The highest BCUT2D eigenvalue weighted by atomic mass is 16.6. The first-order chi connectivity index (χ1) is 10.8. The minimum absolute atomic E-state index is 0.267. The van der Waals surface area contributed by atoms with Gasteiger partial charge in [-0.2, -0.15) is 0 Å². The van der Waals surface area contributed by atoms with Gasteiger partial charge in [-0.05, 0) is 53.1 Å². The molecule has 1 amide bonds. The molecule has 1 N–H and O–H groups in total. The number of rotatable bonds is 3. The number of hydrogen-bond acceptors (Lipinski definition) is 5. The molecule has 1 aromatic heterocycles. The number of aromatic nitrogens is 2. The Bertz CT molecular complexity index is 529. The third kappa shape index (κ3) is 3.47. The molecule has 1 aliphatic rings. The fourth-order valence-electron chi connectivity index (χ4n) is 3.48. The maximum absolute atomic E-state index is 12.8. The summed E-state index contributed by atoms with van der Waals surface area (Å²) in [5, 5.41) is 3.39. The average molecular weight is 320 g/mol. The predicted octanol–water partition coefficient (Wildman–Crippen LogP) is 2.91. The van der Waals surface area contributed by atoms with Gasteiger partial charge in [0.05, 0.1) is 5.69 Å². The minimum atomic E-state index is -0.654. The van der Waals surface area contributed by atoms with Crippen LogP contribution in [0.25, 0.3) is 0 Å². The van der Waals surface area contributed by atoms with Gasteiger partial charge in [0, 0.05) is 18.7 Å². The molecule has 2 atom stereocenters. The normalized spacial score (nSPS) is 25.3. The second-order valence-electron chi connectivity index (χ2n) is 6.99. The van der Waals surface area contributed by atoms with Crippen LogP contribution in [-0.2, 0) is 10.4 Å². The maximum Gasteiger partial charge on any atom is 0.412 e. The number of likely N-dealkylation sites (tertiary alicyclic amines) is 1. The Kier molecular flexibility index (Phi) is 5.24. The summed E-state index contributed by atoms with van der Waals surface area (Å²) in [4.78, 5) is 23.1. The molecular formula is C17H28N4O2. The highest BCUT2D eigenvalue weighted by molar-refractivity contribution is 5.69. The summed E-state index contributed by atoms with van der Waals surface area (Å²) in [5.74, 6) is 0.267. The van der Waals surface area contributed by atoms with E-state index in [0.29, 0.717) is 6.54 Å². The summed E-state index contributed by atoms with van der Waals surface area (Å²) in [7, 11) is 1.88. The van der Waals surface area contributed by atoms with Crippen molar-refractivity contribution in [3.05, 3.63) is 24.3 Å². The average Bonchev–Trinajstić information content (AvgIpc) is 2.53. The second-order valence-corrected chi connectivity index (χ2v) is 6.99. The first-order valence-corrected chi connectivity index (χ1v) is 8.31. The summed E-state index contributed by atoms with van der Waals surface area (Å²) in [6.45, 7) is 8.46. The minimum Gasteiger partial charge on any atom is -0.444 e. The lowest BCUT2D eigenvalue weighted by Crippen LogP contribution is -2.64. The molecule has 0 aliphatic carbocycles. The Morgan fingerprint density at radius 2 is 2.26 bits per heavy atom. The summed E-state index contributed by atoms with van der Waals surface area (Å²) in [6.07, 6.45) is 5.90. The fourth-order valence-corrected chi connectivity index (χ4v) is 3.48. The molecule has 1 fully saturated rings. The zero-order valence-corrected chi connectivity index (χ0v) is 14.8. The van der Waals surface area contributed by atoms with Crippen LogP contribution >= 0.6 is 0 Å². The highest BCUT2D eigenvalue weighted by Gasteiger charge is 2.50. The van der Waals surface area contributed by atoms with Crippen LogP contribution in [0.5, 0.6) is 0 Å². The molecule has 1 aliphatic heterocycles. The van der Waals surface area contributed by atoms with Gasteiger partial charge in [0.15, 0.2) is 0 Å². The molecule has 2 heterocycles. The van der Waals surface area contributed by atoms with Gasteiger partial charge in [0.2, 0.25) is 0 Å². The van der Waals surface area contributed by atoms with Crippen molar-refractivity contribution in [2.75, 3.05) is 13.6 Å². The Morgan fingerprint density at radius 1 is 1.52 bits per heavy atom. The van der Waals surface area contributed by atoms with Crippen molar-refractivity contribution in [2.24, 2.45) is 5.92 Å². The van der Waals surface area contributed by atoms with E-state index >= 15 is 0 Å². The number of nitrogens with one attached hydrogen (secondary N) is 1. The van der Waals surface area contributed by atoms with Gasteiger partial charge in [-0.15, -0.1) is 0 Å². The lowest BCUT2D eigenvalue weighted by Gasteiger charge is -2.51. The number of carbonyl (C=O) groups is 1. The standard InChI is InChI=1S/C17H28N4O2/c1-6-13-8-7-11-21(15(22)23-16(2,3)4)17(13,18-5)14-9-10-19-12-20-14/h9-10,12-13,18H,6-8,11H2,1-5H3. The zero-order valence-electron chi connectivity index (χ0n) is 14.8. The van der Waals surface area contributed by atoms with Crippen molar-refractivity contribution in [1.82, 2.24) is 20.2 Å². The predicted molar refractivity (Wildman–Crippen MR) is 88.7 cm³/mol. The SMILES string of the molecule is CCC1CCCN(C(=O)OC(C)(C)C)C1(NC)c1ccncn1. The van der Waals surface area contributed by atoms with E-state index < -0.39 is 11.3 Å². The van der Waals surface area contributed by atoms with Gasteiger partial charge in [-0.1, -0.05) is 6.92 Å². The third-order valence-electron chi connectivity index (χ3n) is 4.41. The Balaban J connectivity index is 2.47. The van der Waals surface area contributed by atoms with E-state index in [1.54, 1.807) is 11.1 Å². The van der Waals surface area contributed by atoms with Crippen molar-refractivity contribution in [1.29, 1.82) is 0 Å². The van der Waals surface area contributed by atoms with Gasteiger partial charge in [0.25, 0.3) is 0 Å². The van der Waals surface area contributed by atoms with Crippen LogP contribution in [-0.4, -0.2) is 40.2 Å². The molecule has 0 radical (unpaired) electrons. The van der Waals surface area contributed by atoms with Crippen LogP contribution in [0.3, 0.4) is 0 Å².